The molecule has 10 heteroatoms. The van der Waals surface area contributed by atoms with Crippen LogP contribution < -0.4 is 14.8 Å². The molecule has 196 valence electrons. The van der Waals surface area contributed by atoms with Crippen LogP contribution in [0.1, 0.15) is 11.1 Å². The van der Waals surface area contributed by atoms with E-state index in [-0.39, 0.29) is 10.7 Å². The van der Waals surface area contributed by atoms with E-state index in [0.29, 0.717) is 36.9 Å². The molecule has 0 spiro atoms. The first-order chi connectivity index (χ1) is 18.9. The number of para-hydroxylation sites is 1. The van der Waals surface area contributed by atoms with E-state index in [2.05, 4.69) is 5.32 Å². The number of hydrogen-bond acceptors (Lipinski definition) is 6. The Morgan fingerprint density at radius 2 is 1.77 bits per heavy atom. The molecular weight excluding hydrogens is 521 g/mol. The lowest BCUT2D eigenvalue weighted by Crippen LogP contribution is -2.36. The summed E-state index contributed by atoms with van der Waals surface area (Å²) in [5.41, 5.74) is 3.10. The number of anilines is 1. The summed E-state index contributed by atoms with van der Waals surface area (Å²) < 4.78 is 26.4. The number of ether oxygens (including phenoxy) is 2. The van der Waals surface area contributed by atoms with Crippen LogP contribution in [0.4, 0.5) is 14.9 Å². The van der Waals surface area contributed by atoms with Crippen molar-refractivity contribution in [1.29, 1.82) is 0 Å². The highest BCUT2D eigenvalue weighted by Crippen LogP contribution is 2.35. The summed E-state index contributed by atoms with van der Waals surface area (Å²) >= 11 is 0.798. The molecule has 2 aliphatic rings. The van der Waals surface area contributed by atoms with Gasteiger partial charge in [0.25, 0.3) is 11.1 Å². The number of imide groups is 1. The van der Waals surface area contributed by atoms with Gasteiger partial charge in [-0.15, -0.1) is 0 Å². The number of amides is 3. The van der Waals surface area contributed by atoms with Gasteiger partial charge in [0.15, 0.2) is 11.5 Å². The van der Waals surface area contributed by atoms with Crippen LogP contribution in [0.3, 0.4) is 0 Å². The lowest BCUT2D eigenvalue weighted by atomic mass is 10.1. The van der Waals surface area contributed by atoms with Crippen LogP contribution in [-0.2, 0) is 16.1 Å². The van der Waals surface area contributed by atoms with Gasteiger partial charge in [0.05, 0.1) is 4.91 Å². The van der Waals surface area contributed by atoms with Crippen LogP contribution in [0.5, 0.6) is 11.5 Å². The molecule has 8 nitrogen and oxygen atoms in total. The highest BCUT2D eigenvalue weighted by molar-refractivity contribution is 8.18. The maximum absolute atomic E-state index is 13.3. The number of nitrogens with zero attached hydrogens (tertiary/aromatic N) is 2. The number of fused-ring (bicyclic) bond motifs is 2. The van der Waals surface area contributed by atoms with E-state index in [1.165, 1.54) is 12.1 Å². The van der Waals surface area contributed by atoms with Crippen molar-refractivity contribution in [2.24, 2.45) is 0 Å². The highest BCUT2D eigenvalue weighted by Gasteiger charge is 2.36. The molecule has 1 N–H and O–H groups in total. The van der Waals surface area contributed by atoms with Crippen LogP contribution >= 0.6 is 11.8 Å². The van der Waals surface area contributed by atoms with E-state index >= 15 is 0 Å². The molecule has 1 aromatic heterocycles. The number of halogens is 1. The van der Waals surface area contributed by atoms with Crippen LogP contribution in [0.25, 0.3) is 17.0 Å². The van der Waals surface area contributed by atoms with Crippen molar-refractivity contribution in [3.05, 3.63) is 94.8 Å². The third-order valence-electron chi connectivity index (χ3n) is 6.37. The lowest BCUT2D eigenvalue weighted by Gasteiger charge is -2.19. The topological polar surface area (TPSA) is 89.9 Å². The molecule has 1 saturated heterocycles. The quantitative estimate of drug-likeness (QED) is 0.333. The molecule has 0 radical (unpaired) electrons. The average molecular weight is 544 g/mol. The number of carbonyl (C=O) groups excluding carboxylic acids is 3. The van der Waals surface area contributed by atoms with E-state index in [9.17, 15) is 18.8 Å². The van der Waals surface area contributed by atoms with Crippen molar-refractivity contribution in [2.75, 3.05) is 25.1 Å². The minimum atomic E-state index is -0.530. The molecule has 0 atom stereocenters. The first kappa shape index (κ1) is 24.7. The molecule has 3 heterocycles. The van der Waals surface area contributed by atoms with Crippen LogP contribution in [0, 0.1) is 5.82 Å². The molecule has 0 saturated carbocycles. The van der Waals surface area contributed by atoms with E-state index in [0.717, 1.165) is 38.7 Å². The maximum Gasteiger partial charge on any atom is 0.294 e. The summed E-state index contributed by atoms with van der Waals surface area (Å²) in [5.74, 6) is -0.225. The minimum absolute atomic E-state index is 0.233. The average Bonchev–Trinajstić information content (AvgIpc) is 3.41. The maximum atomic E-state index is 13.3. The standard InChI is InChI=1S/C29H22FN3O5S/c30-20-7-5-18(6-8-20)15-32-16-19(22-3-1-2-4-23(22)32)13-26-28(35)33(29(36)39-26)17-27(34)31-21-9-10-24-25(14-21)38-12-11-37-24/h1-10,13-14,16H,11-12,15,17H2,(H,31,34)/b26-13-. The fraction of sp³-hybridized carbons (Fsp3) is 0.138. The van der Waals surface area contributed by atoms with Crippen LogP contribution in [0.15, 0.2) is 77.8 Å². The molecule has 3 amide bonds. The van der Waals surface area contributed by atoms with Gasteiger partial charge in [-0.1, -0.05) is 30.3 Å². The highest BCUT2D eigenvalue weighted by atomic mass is 32.2. The molecule has 6 rings (SSSR count). The zero-order chi connectivity index (χ0) is 26.9. The van der Waals surface area contributed by atoms with Gasteiger partial charge >= 0.3 is 0 Å². The number of nitrogens with one attached hydrogen (secondary N) is 1. The normalized spacial score (nSPS) is 15.8. The first-order valence-electron chi connectivity index (χ1n) is 12.2. The third-order valence-corrected chi connectivity index (χ3v) is 7.28. The SMILES string of the molecule is O=C(CN1C(=O)S/C(=C\c2cn(Cc3ccc(F)cc3)c3ccccc23)C1=O)Nc1ccc2c(c1)OCCO2. The van der Waals surface area contributed by atoms with Gasteiger partial charge in [-0.3, -0.25) is 19.3 Å². The number of benzene rings is 3. The molecule has 0 aliphatic carbocycles. The predicted molar refractivity (Wildman–Crippen MR) is 146 cm³/mol. The second kappa shape index (κ2) is 10.3. The fourth-order valence-corrected chi connectivity index (χ4v) is 5.38. The molecule has 3 aromatic carbocycles. The molecule has 0 bridgehead atoms. The van der Waals surface area contributed by atoms with Crippen molar-refractivity contribution in [2.45, 2.75) is 6.54 Å². The van der Waals surface area contributed by atoms with Crippen molar-refractivity contribution >= 4 is 51.5 Å². The molecule has 2 aliphatic heterocycles. The minimum Gasteiger partial charge on any atom is -0.486 e. The predicted octanol–water partition coefficient (Wildman–Crippen LogP) is 5.27. The van der Waals surface area contributed by atoms with Crippen LogP contribution in [0.2, 0.25) is 0 Å². The Bertz CT molecular complexity index is 1650. The molecule has 4 aromatic rings. The summed E-state index contributed by atoms with van der Waals surface area (Å²) in [7, 11) is 0. The van der Waals surface area contributed by atoms with Gasteiger partial charge in [0, 0.05) is 41.0 Å². The van der Waals surface area contributed by atoms with Gasteiger partial charge in [-0.25, -0.2) is 4.39 Å². The van der Waals surface area contributed by atoms with Gasteiger partial charge in [0.2, 0.25) is 5.91 Å². The van der Waals surface area contributed by atoms with Crippen molar-refractivity contribution in [1.82, 2.24) is 9.47 Å². The van der Waals surface area contributed by atoms with E-state index in [4.69, 9.17) is 9.47 Å². The fourth-order valence-electron chi connectivity index (χ4n) is 4.55. The Kier molecular flexibility index (Phi) is 6.54. The van der Waals surface area contributed by atoms with E-state index in [1.54, 1.807) is 36.4 Å². The summed E-state index contributed by atoms with van der Waals surface area (Å²) in [4.78, 5) is 39.6. The summed E-state index contributed by atoms with van der Waals surface area (Å²) in [6.07, 6.45) is 3.57. The Hall–Kier alpha value is -4.57. The number of hydrogen-bond donors (Lipinski definition) is 1. The van der Waals surface area contributed by atoms with Gasteiger partial charge in [-0.2, -0.15) is 0 Å². The number of rotatable bonds is 6. The summed E-state index contributed by atoms with van der Waals surface area (Å²) in [6.45, 7) is 0.970. The zero-order valence-corrected chi connectivity index (χ0v) is 21.4. The first-order valence-corrected chi connectivity index (χ1v) is 13.0. The Morgan fingerprint density at radius 3 is 2.59 bits per heavy atom. The zero-order valence-electron chi connectivity index (χ0n) is 20.6. The molecule has 39 heavy (non-hydrogen) atoms. The van der Waals surface area contributed by atoms with Gasteiger partial charge in [0.1, 0.15) is 25.6 Å². The molecular formula is C29H22FN3O5S. The largest absolute Gasteiger partial charge is 0.486 e. The summed E-state index contributed by atoms with van der Waals surface area (Å²) in [6, 6.07) is 19.0. The van der Waals surface area contributed by atoms with Crippen molar-refractivity contribution in [3.8, 4) is 11.5 Å². The Balaban J connectivity index is 1.19. The van der Waals surface area contributed by atoms with Crippen molar-refractivity contribution < 1.29 is 28.2 Å². The lowest BCUT2D eigenvalue weighted by molar-refractivity contribution is -0.127. The smallest absolute Gasteiger partial charge is 0.294 e. The monoisotopic (exact) mass is 543 g/mol. The van der Waals surface area contributed by atoms with Crippen LogP contribution in [-0.4, -0.2) is 46.3 Å². The summed E-state index contributed by atoms with van der Waals surface area (Å²) in [5, 5.41) is 3.09. The second-order valence-electron chi connectivity index (χ2n) is 9.03. The third kappa shape index (κ3) is 5.10. The Morgan fingerprint density at radius 1 is 1.00 bits per heavy atom. The van der Waals surface area contributed by atoms with Gasteiger partial charge < -0.3 is 19.4 Å². The Labute approximate surface area is 227 Å². The molecule has 0 unspecified atom stereocenters. The molecule has 1 fully saturated rings. The number of aromatic nitrogens is 1. The van der Waals surface area contributed by atoms with Crippen molar-refractivity contribution in [3.63, 3.8) is 0 Å². The number of carbonyl (C=O) groups is 3. The number of thioether (sulfide) groups is 1. The van der Waals surface area contributed by atoms with Gasteiger partial charge in [-0.05, 0) is 53.7 Å². The van der Waals surface area contributed by atoms with E-state index < -0.39 is 23.6 Å². The second-order valence-corrected chi connectivity index (χ2v) is 10.0. The van der Waals surface area contributed by atoms with E-state index in [1.807, 2.05) is 35.0 Å².